The van der Waals surface area contributed by atoms with Gasteiger partial charge in [-0.1, -0.05) is 36.4 Å². The summed E-state index contributed by atoms with van der Waals surface area (Å²) in [6.07, 6.45) is -0.917. The number of sulfone groups is 1. The number of rotatable bonds is 7. The minimum atomic E-state index is -4.10. The molecule has 0 bridgehead atoms. The summed E-state index contributed by atoms with van der Waals surface area (Å²) in [7, 11) is -2.50. The average Bonchev–Trinajstić information content (AvgIpc) is 3.51. The van der Waals surface area contributed by atoms with Crippen LogP contribution < -0.4 is 15.0 Å². The van der Waals surface area contributed by atoms with Gasteiger partial charge in [-0.15, -0.1) is 10.2 Å². The van der Waals surface area contributed by atoms with Crippen molar-refractivity contribution in [2.24, 2.45) is 0 Å². The van der Waals surface area contributed by atoms with Gasteiger partial charge in [-0.05, 0) is 81.6 Å². The normalized spacial score (nSPS) is 16.1. The number of hydrogen-bond acceptors (Lipinski definition) is 10. The van der Waals surface area contributed by atoms with E-state index in [4.69, 9.17) is 13.9 Å². The monoisotopic (exact) mass is 657 g/mol. The van der Waals surface area contributed by atoms with Crippen LogP contribution in [0.1, 0.15) is 46.1 Å². The third-order valence-corrected chi connectivity index (χ3v) is 9.22. The lowest BCUT2D eigenvalue weighted by Crippen LogP contribution is -2.51. The van der Waals surface area contributed by atoms with Crippen molar-refractivity contribution in [3.8, 4) is 34.4 Å². The van der Waals surface area contributed by atoms with E-state index >= 15 is 0 Å². The maximum absolute atomic E-state index is 14.2. The molecule has 12 nitrogen and oxygen atoms in total. The quantitative estimate of drug-likeness (QED) is 0.271. The molecule has 3 aromatic carbocycles. The number of carbonyl (C=O) groups excluding carboxylic acids is 2. The van der Waals surface area contributed by atoms with E-state index in [0.29, 0.717) is 11.1 Å². The van der Waals surface area contributed by atoms with E-state index in [-0.39, 0.29) is 28.9 Å². The van der Waals surface area contributed by atoms with Gasteiger partial charge in [0, 0.05) is 5.56 Å². The maximum Gasteiger partial charge on any atom is 0.408 e. The molecule has 0 radical (unpaired) electrons. The third kappa shape index (κ3) is 7.28. The minimum Gasteiger partial charge on any atom is -0.497 e. The van der Waals surface area contributed by atoms with Gasteiger partial charge >= 0.3 is 6.09 Å². The highest BCUT2D eigenvalue weighted by Gasteiger charge is 2.40. The molecular formula is C34H35N5O7S. The first-order chi connectivity index (χ1) is 22.1. The average molecular weight is 658 g/mol. The highest BCUT2D eigenvalue weighted by Crippen LogP contribution is 2.36. The van der Waals surface area contributed by atoms with Crippen LogP contribution in [0.25, 0.3) is 22.6 Å². The summed E-state index contributed by atoms with van der Waals surface area (Å²) >= 11 is 0. The van der Waals surface area contributed by atoms with Crippen molar-refractivity contribution in [2.45, 2.75) is 63.1 Å². The molecular weight excluding hydrogens is 622 g/mol. The van der Waals surface area contributed by atoms with Crippen molar-refractivity contribution >= 4 is 27.5 Å². The number of nitrogens with one attached hydrogen (secondary N) is 1. The van der Waals surface area contributed by atoms with Crippen molar-refractivity contribution in [1.82, 2.24) is 15.5 Å². The predicted octanol–water partition coefficient (Wildman–Crippen LogP) is 5.43. The van der Waals surface area contributed by atoms with Gasteiger partial charge in [0.1, 0.15) is 22.8 Å². The van der Waals surface area contributed by atoms with E-state index in [2.05, 4.69) is 21.6 Å². The summed E-state index contributed by atoms with van der Waals surface area (Å²) in [6.45, 7) is 8.24. The van der Waals surface area contributed by atoms with Crippen molar-refractivity contribution in [1.29, 1.82) is 5.26 Å². The van der Waals surface area contributed by atoms with Crippen LogP contribution in [-0.4, -0.2) is 55.1 Å². The lowest BCUT2D eigenvalue weighted by Gasteiger charge is -2.27. The lowest BCUT2D eigenvalue weighted by molar-refractivity contribution is -0.120. The second kappa shape index (κ2) is 12.5. The van der Waals surface area contributed by atoms with Crippen LogP contribution in [0.4, 0.5) is 10.5 Å². The van der Waals surface area contributed by atoms with Crippen molar-refractivity contribution < 1.29 is 31.9 Å². The number of benzene rings is 3. The number of fused-ring (bicyclic) bond motifs is 1. The highest BCUT2D eigenvalue weighted by molar-refractivity contribution is 7.91. The second-order valence-electron chi connectivity index (χ2n) is 12.7. The van der Waals surface area contributed by atoms with Crippen LogP contribution in [0.2, 0.25) is 0 Å². The molecule has 1 aromatic heterocycles. The molecule has 2 heterocycles. The highest BCUT2D eigenvalue weighted by atomic mass is 32.2. The Balaban J connectivity index is 1.55. The Morgan fingerprint density at radius 1 is 1.00 bits per heavy atom. The molecule has 0 aliphatic carbocycles. The van der Waals surface area contributed by atoms with Crippen LogP contribution in [0.3, 0.4) is 0 Å². The molecule has 0 unspecified atom stereocenters. The van der Waals surface area contributed by atoms with E-state index in [1.807, 2.05) is 48.5 Å². The molecule has 47 heavy (non-hydrogen) atoms. The molecule has 0 saturated carbocycles. The van der Waals surface area contributed by atoms with Crippen LogP contribution in [0.15, 0.2) is 76.0 Å². The smallest absolute Gasteiger partial charge is 0.408 e. The summed E-state index contributed by atoms with van der Waals surface area (Å²) < 4.78 is 43.8. The molecule has 0 saturated heterocycles. The first kappa shape index (κ1) is 33.2. The summed E-state index contributed by atoms with van der Waals surface area (Å²) in [5.41, 5.74) is 1.10. The SMILES string of the molecule is COc1ccc(-c2ccc(CN3C(=O)[C@@H](NC(=O)OC(C)(C)C)CS(=O)(=O)c4ccc(-c5nnc(C(C)(C)C#N)o5)cc43)cc2)cc1. The zero-order valence-corrected chi connectivity index (χ0v) is 27.7. The molecule has 2 amide bonds. The fourth-order valence-electron chi connectivity index (χ4n) is 4.94. The minimum absolute atomic E-state index is 0.0171. The Bertz CT molecular complexity index is 1960. The van der Waals surface area contributed by atoms with E-state index in [1.54, 1.807) is 41.7 Å². The van der Waals surface area contributed by atoms with Gasteiger partial charge in [-0.3, -0.25) is 4.79 Å². The van der Waals surface area contributed by atoms with Gasteiger partial charge in [0.15, 0.2) is 9.84 Å². The van der Waals surface area contributed by atoms with Crippen molar-refractivity contribution in [3.63, 3.8) is 0 Å². The largest absolute Gasteiger partial charge is 0.497 e. The number of nitriles is 1. The molecule has 13 heteroatoms. The zero-order valence-electron chi connectivity index (χ0n) is 26.9. The molecule has 1 aliphatic heterocycles. The van der Waals surface area contributed by atoms with Crippen LogP contribution in [0, 0.1) is 11.3 Å². The third-order valence-electron chi connectivity index (χ3n) is 7.43. The second-order valence-corrected chi connectivity index (χ2v) is 14.7. The summed E-state index contributed by atoms with van der Waals surface area (Å²) in [5, 5.41) is 20.0. The summed E-state index contributed by atoms with van der Waals surface area (Å²) in [4.78, 5) is 28.1. The standard InChI is InChI=1S/C34H35N5O7S/c1-33(2,3)46-32(41)36-26-19-47(42,43)28-16-13-24(29-37-38-31(45-29)34(4,5)20-35)17-27(28)39(30(26)40)18-21-7-9-22(10-8-21)23-11-14-25(44-6)15-12-23/h7-17,26H,18-19H2,1-6H3,(H,36,41)/t26-/m0/s1. The summed E-state index contributed by atoms with van der Waals surface area (Å²) in [5.74, 6) is -0.452. The molecule has 244 valence electrons. The zero-order chi connectivity index (χ0) is 34.1. The Morgan fingerprint density at radius 3 is 2.21 bits per heavy atom. The topological polar surface area (TPSA) is 165 Å². The molecule has 1 atom stereocenters. The Morgan fingerprint density at radius 2 is 1.62 bits per heavy atom. The number of hydrogen-bond donors (Lipinski definition) is 1. The van der Waals surface area contributed by atoms with Crippen LogP contribution in [0.5, 0.6) is 5.75 Å². The van der Waals surface area contributed by atoms with Crippen molar-refractivity contribution in [2.75, 3.05) is 17.8 Å². The van der Waals surface area contributed by atoms with Crippen molar-refractivity contribution in [3.05, 3.63) is 78.2 Å². The van der Waals surface area contributed by atoms with E-state index in [1.165, 1.54) is 23.1 Å². The maximum atomic E-state index is 14.2. The first-order valence-electron chi connectivity index (χ1n) is 14.8. The summed E-state index contributed by atoms with van der Waals surface area (Å²) in [6, 6.07) is 20.1. The van der Waals surface area contributed by atoms with Gasteiger partial charge < -0.3 is 24.1 Å². The Hall–Kier alpha value is -5.22. The molecule has 0 fully saturated rings. The molecule has 1 aliphatic rings. The number of amides is 2. The Kier molecular flexibility index (Phi) is 8.83. The van der Waals surface area contributed by atoms with E-state index in [0.717, 1.165) is 16.9 Å². The number of aromatic nitrogens is 2. The van der Waals surface area contributed by atoms with Gasteiger partial charge in [-0.2, -0.15) is 5.26 Å². The van der Waals surface area contributed by atoms with Crippen LogP contribution >= 0.6 is 0 Å². The van der Waals surface area contributed by atoms with Gasteiger partial charge in [0.2, 0.25) is 11.8 Å². The Labute approximate surface area is 273 Å². The number of alkyl carbamates (subject to hydrolysis) is 1. The first-order valence-corrected chi connectivity index (χ1v) is 16.4. The van der Waals surface area contributed by atoms with Gasteiger partial charge in [0.25, 0.3) is 5.91 Å². The number of carbonyl (C=O) groups is 2. The fourth-order valence-corrected chi connectivity index (χ4v) is 6.54. The number of anilines is 1. The molecule has 0 spiro atoms. The predicted molar refractivity (Wildman–Crippen MR) is 173 cm³/mol. The number of methoxy groups -OCH3 is 1. The molecule has 1 N–H and O–H groups in total. The van der Waals surface area contributed by atoms with E-state index in [9.17, 15) is 23.3 Å². The van der Waals surface area contributed by atoms with Crippen LogP contribution in [-0.2, 0) is 31.3 Å². The fraction of sp³-hybridized carbons (Fsp3) is 0.324. The molecule has 5 rings (SSSR count). The van der Waals surface area contributed by atoms with Gasteiger partial charge in [-0.25, -0.2) is 13.2 Å². The van der Waals surface area contributed by atoms with E-state index < -0.39 is 44.6 Å². The molecule has 4 aromatic rings. The number of nitrogens with zero attached hydrogens (tertiary/aromatic N) is 4. The lowest BCUT2D eigenvalue weighted by atomic mass is 9.96. The van der Waals surface area contributed by atoms with Gasteiger partial charge in [0.05, 0.1) is 36.1 Å². The number of ether oxygens (including phenoxy) is 2.